The zero-order valence-corrected chi connectivity index (χ0v) is 18.3. The minimum absolute atomic E-state index is 0.0802. The van der Waals surface area contributed by atoms with Gasteiger partial charge in [0.2, 0.25) is 5.88 Å². The van der Waals surface area contributed by atoms with Crippen LogP contribution in [0.5, 0.6) is 5.88 Å². The van der Waals surface area contributed by atoms with Gasteiger partial charge in [0.05, 0.1) is 0 Å². The maximum Gasteiger partial charge on any atom is 0.423 e. The first kappa shape index (κ1) is 22.1. The Bertz CT molecular complexity index is 971. The normalized spacial score (nSPS) is 16.3. The van der Waals surface area contributed by atoms with E-state index in [0.29, 0.717) is 21.3 Å². The topological polar surface area (TPSA) is 93.6 Å². The van der Waals surface area contributed by atoms with Crippen LogP contribution in [-0.4, -0.2) is 46.8 Å². The summed E-state index contributed by atoms with van der Waals surface area (Å²) in [5.74, 6) is -2.49. The molecule has 0 spiro atoms. The number of carbonyl (C=O) groups excluding carboxylic acids is 2. The predicted octanol–water partition coefficient (Wildman–Crippen LogP) is 4.65. The van der Waals surface area contributed by atoms with E-state index in [2.05, 4.69) is 25.9 Å². The largest absolute Gasteiger partial charge is 0.443 e. The van der Waals surface area contributed by atoms with Crippen LogP contribution in [0, 0.1) is 0 Å². The summed E-state index contributed by atoms with van der Waals surface area (Å²) in [6.07, 6.45) is -2.65. The van der Waals surface area contributed by atoms with Crippen LogP contribution in [0.3, 0.4) is 0 Å². The highest BCUT2D eigenvalue weighted by Crippen LogP contribution is 2.34. The minimum atomic E-state index is -2.72. The van der Waals surface area contributed by atoms with Crippen LogP contribution in [0.4, 0.5) is 24.2 Å². The molecule has 0 aliphatic carbocycles. The number of imide groups is 1. The number of ether oxygens (including phenoxy) is 2. The maximum absolute atomic E-state index is 13.6. The van der Waals surface area contributed by atoms with E-state index in [1.165, 1.54) is 6.07 Å². The van der Waals surface area contributed by atoms with E-state index in [1.807, 2.05) is 5.32 Å². The Morgan fingerprint density at radius 3 is 2.47 bits per heavy atom. The molecule has 0 aromatic carbocycles. The lowest BCUT2D eigenvalue weighted by Crippen LogP contribution is -2.40. The van der Waals surface area contributed by atoms with Crippen LogP contribution >= 0.6 is 15.9 Å². The number of alkyl carbamates (subject to hydrolysis) is 1. The average molecular weight is 487 g/mol. The smallest absolute Gasteiger partial charge is 0.423 e. The lowest BCUT2D eigenvalue weighted by Gasteiger charge is -2.33. The van der Waals surface area contributed by atoms with Crippen molar-refractivity contribution in [3.63, 3.8) is 0 Å². The number of rotatable bonds is 2. The van der Waals surface area contributed by atoms with Gasteiger partial charge < -0.3 is 14.4 Å². The first-order valence-electron chi connectivity index (χ1n) is 9.24. The highest BCUT2D eigenvalue weighted by atomic mass is 79.9. The van der Waals surface area contributed by atoms with Crippen molar-refractivity contribution >= 4 is 44.8 Å². The van der Waals surface area contributed by atoms with Crippen molar-refractivity contribution in [2.75, 3.05) is 18.0 Å². The number of alkyl halides is 2. The molecule has 1 aliphatic rings. The third kappa shape index (κ3) is 5.74. The number of amides is 2. The van der Waals surface area contributed by atoms with Crippen molar-refractivity contribution in [2.24, 2.45) is 0 Å². The molecule has 30 heavy (non-hydrogen) atoms. The van der Waals surface area contributed by atoms with Gasteiger partial charge >= 0.3 is 12.2 Å². The van der Waals surface area contributed by atoms with Crippen LogP contribution in [-0.2, 0) is 4.74 Å². The molecule has 1 saturated heterocycles. The Morgan fingerprint density at radius 1 is 1.17 bits per heavy atom. The van der Waals surface area contributed by atoms with E-state index < -0.39 is 23.7 Å². The number of nitrogens with zero attached hydrogens (tertiary/aromatic N) is 3. The number of hydrogen-bond donors (Lipinski definition) is 1. The number of piperidine rings is 1. The number of fused-ring (bicyclic) bond motifs is 1. The lowest BCUT2D eigenvalue weighted by molar-refractivity contribution is -0.0221. The van der Waals surface area contributed by atoms with Crippen molar-refractivity contribution in [3.8, 4) is 5.88 Å². The molecular formula is C19H21BrF2N4O4. The molecule has 0 saturated carbocycles. The molecule has 0 radical (unpaired) electrons. The van der Waals surface area contributed by atoms with E-state index in [4.69, 9.17) is 9.47 Å². The number of carbonyl (C=O) groups is 2. The van der Waals surface area contributed by atoms with Gasteiger partial charge in [0, 0.05) is 37.4 Å². The highest BCUT2D eigenvalue weighted by Gasteiger charge is 2.35. The van der Waals surface area contributed by atoms with Gasteiger partial charge in [-0.15, -0.1) is 0 Å². The van der Waals surface area contributed by atoms with E-state index in [9.17, 15) is 18.4 Å². The molecular weight excluding hydrogens is 466 g/mol. The van der Waals surface area contributed by atoms with E-state index in [-0.39, 0.29) is 31.8 Å². The highest BCUT2D eigenvalue weighted by molar-refractivity contribution is 9.10. The van der Waals surface area contributed by atoms with Gasteiger partial charge in [-0.2, -0.15) is 4.98 Å². The maximum atomic E-state index is 13.6. The lowest BCUT2D eigenvalue weighted by atomic mass is 10.1. The summed E-state index contributed by atoms with van der Waals surface area (Å²) >= 11 is 3.29. The van der Waals surface area contributed by atoms with Crippen LogP contribution in [0.15, 0.2) is 22.8 Å². The SMILES string of the molecule is CC(C)(C)OC(=O)NC(=O)Oc1cc2ccc(Br)nc2c(N2CCC(F)(F)CC2)n1. The van der Waals surface area contributed by atoms with Gasteiger partial charge in [0.15, 0.2) is 5.82 Å². The Hall–Kier alpha value is -2.56. The fourth-order valence-corrected chi connectivity index (χ4v) is 3.20. The quantitative estimate of drug-likeness (QED) is 0.617. The van der Waals surface area contributed by atoms with Crippen molar-refractivity contribution in [3.05, 3.63) is 22.8 Å². The Morgan fingerprint density at radius 2 is 1.83 bits per heavy atom. The monoisotopic (exact) mass is 486 g/mol. The summed E-state index contributed by atoms with van der Waals surface area (Å²) in [5.41, 5.74) is -0.303. The molecule has 1 fully saturated rings. The number of pyridine rings is 2. The van der Waals surface area contributed by atoms with Gasteiger partial charge in [-0.1, -0.05) is 0 Å². The van der Waals surface area contributed by atoms with E-state index >= 15 is 0 Å². The van der Waals surface area contributed by atoms with E-state index in [1.54, 1.807) is 37.8 Å². The second kappa shape index (κ2) is 8.29. The van der Waals surface area contributed by atoms with Crippen LogP contribution in [0.2, 0.25) is 0 Å². The molecule has 0 atom stereocenters. The third-order valence-corrected chi connectivity index (χ3v) is 4.64. The summed E-state index contributed by atoms with van der Waals surface area (Å²) in [6, 6.07) is 4.90. The second-order valence-electron chi connectivity index (χ2n) is 7.85. The second-order valence-corrected chi connectivity index (χ2v) is 8.66. The first-order valence-corrected chi connectivity index (χ1v) is 10.0. The predicted molar refractivity (Wildman–Crippen MR) is 109 cm³/mol. The molecule has 2 aromatic rings. The van der Waals surface area contributed by atoms with Gasteiger partial charge in [0.1, 0.15) is 15.7 Å². The third-order valence-electron chi connectivity index (χ3n) is 4.19. The van der Waals surface area contributed by atoms with Crippen molar-refractivity contribution in [2.45, 2.75) is 45.1 Å². The fraction of sp³-hybridized carbons (Fsp3) is 0.474. The molecule has 2 amide bonds. The molecule has 1 N–H and O–H groups in total. The number of aromatic nitrogens is 2. The molecule has 3 rings (SSSR count). The van der Waals surface area contributed by atoms with E-state index in [0.717, 1.165) is 0 Å². The van der Waals surface area contributed by atoms with Gasteiger partial charge in [-0.25, -0.2) is 28.7 Å². The summed E-state index contributed by atoms with van der Waals surface area (Å²) < 4.78 is 37.8. The molecule has 1 aliphatic heterocycles. The van der Waals surface area contributed by atoms with Crippen LogP contribution in [0.1, 0.15) is 33.6 Å². The average Bonchev–Trinajstić information content (AvgIpc) is 2.59. The Labute approximate surface area is 180 Å². The molecule has 11 heteroatoms. The molecule has 0 unspecified atom stereocenters. The van der Waals surface area contributed by atoms with Gasteiger partial charge in [0.25, 0.3) is 5.92 Å². The van der Waals surface area contributed by atoms with Crippen molar-refractivity contribution in [1.82, 2.24) is 15.3 Å². The number of halogens is 3. The Balaban J connectivity index is 1.85. The van der Waals surface area contributed by atoms with Gasteiger partial charge in [-0.3, -0.25) is 0 Å². The zero-order valence-electron chi connectivity index (χ0n) is 16.7. The van der Waals surface area contributed by atoms with Gasteiger partial charge in [-0.05, 0) is 48.8 Å². The number of hydrogen-bond acceptors (Lipinski definition) is 7. The van der Waals surface area contributed by atoms with Crippen molar-refractivity contribution in [1.29, 1.82) is 0 Å². The number of nitrogens with one attached hydrogen (secondary N) is 1. The van der Waals surface area contributed by atoms with Crippen LogP contribution in [0.25, 0.3) is 10.9 Å². The molecule has 8 nitrogen and oxygen atoms in total. The zero-order chi connectivity index (χ0) is 22.1. The summed E-state index contributed by atoms with van der Waals surface area (Å²) in [7, 11) is 0. The summed E-state index contributed by atoms with van der Waals surface area (Å²) in [5, 5.41) is 2.55. The molecule has 162 valence electrons. The minimum Gasteiger partial charge on any atom is -0.443 e. The fourth-order valence-electron chi connectivity index (χ4n) is 2.89. The summed E-state index contributed by atoms with van der Waals surface area (Å²) in [4.78, 5) is 34.2. The molecule has 2 aromatic heterocycles. The van der Waals surface area contributed by atoms with Crippen LogP contribution < -0.4 is 15.0 Å². The number of anilines is 1. The van der Waals surface area contributed by atoms with Crippen molar-refractivity contribution < 1.29 is 27.8 Å². The summed E-state index contributed by atoms with van der Waals surface area (Å²) in [6.45, 7) is 5.13. The first-order chi connectivity index (χ1) is 13.9. The standard InChI is InChI=1S/C19H21BrF2N4O4/c1-18(2,3)30-17(28)25-16(27)29-13-10-11-4-5-12(20)23-14(11)15(24-13)26-8-6-19(21,22)7-9-26/h4-5,10H,6-9H2,1-3H3,(H,25,27,28). The molecule has 3 heterocycles. The Kier molecular flexibility index (Phi) is 6.11. The molecule has 0 bridgehead atoms.